The van der Waals surface area contributed by atoms with Crippen LogP contribution in [0.15, 0.2) is 42.5 Å². The molecule has 0 spiro atoms. The highest BCUT2D eigenvalue weighted by Gasteiger charge is 2.14. The molecule has 0 fully saturated rings. The maximum Gasteiger partial charge on any atom is 0.165 e. The summed E-state index contributed by atoms with van der Waals surface area (Å²) in [5.74, 6) is -0.0508. The van der Waals surface area contributed by atoms with Crippen molar-refractivity contribution in [3.63, 3.8) is 0 Å². The fourth-order valence-corrected chi connectivity index (χ4v) is 2.58. The van der Waals surface area contributed by atoms with Gasteiger partial charge in [0, 0.05) is 12.1 Å². The van der Waals surface area contributed by atoms with Gasteiger partial charge >= 0.3 is 0 Å². The van der Waals surface area contributed by atoms with Gasteiger partial charge in [-0.2, -0.15) is 0 Å². The van der Waals surface area contributed by atoms with E-state index in [9.17, 15) is 4.39 Å². The number of ether oxygens (including phenoxy) is 1. The van der Waals surface area contributed by atoms with Crippen LogP contribution in [0.3, 0.4) is 0 Å². The van der Waals surface area contributed by atoms with E-state index in [1.807, 2.05) is 12.1 Å². The fourth-order valence-electron chi connectivity index (χ4n) is 2.58. The number of nitrogens with one attached hydrogen (secondary N) is 1. The first-order chi connectivity index (χ1) is 10.0. The molecule has 0 aliphatic rings. The Morgan fingerprint density at radius 3 is 2.43 bits per heavy atom. The largest absolute Gasteiger partial charge is 0.494 e. The number of aryl methyl sites for hydroxylation is 1. The summed E-state index contributed by atoms with van der Waals surface area (Å²) >= 11 is 0. The smallest absolute Gasteiger partial charge is 0.165 e. The predicted molar refractivity (Wildman–Crippen MR) is 84.1 cm³/mol. The van der Waals surface area contributed by atoms with E-state index in [4.69, 9.17) is 4.74 Å². The normalized spacial score (nSPS) is 13.8. The van der Waals surface area contributed by atoms with Gasteiger partial charge in [-0.1, -0.05) is 30.3 Å². The van der Waals surface area contributed by atoms with E-state index < -0.39 is 0 Å². The van der Waals surface area contributed by atoms with E-state index in [0.717, 1.165) is 5.56 Å². The zero-order chi connectivity index (χ0) is 15.4. The van der Waals surface area contributed by atoms with Crippen molar-refractivity contribution in [3.8, 4) is 5.75 Å². The molecule has 2 rings (SSSR count). The molecule has 0 bridgehead atoms. The van der Waals surface area contributed by atoms with Gasteiger partial charge in [0.1, 0.15) is 0 Å². The summed E-state index contributed by atoms with van der Waals surface area (Å²) in [6, 6.07) is 13.6. The molecule has 3 heteroatoms. The molecule has 0 saturated heterocycles. The summed E-state index contributed by atoms with van der Waals surface area (Å²) < 4.78 is 18.5. The third-order valence-electron chi connectivity index (χ3n) is 3.83. The van der Waals surface area contributed by atoms with Crippen molar-refractivity contribution in [3.05, 3.63) is 65.0 Å². The maximum absolute atomic E-state index is 13.5. The first-order valence-corrected chi connectivity index (χ1v) is 7.18. The molecule has 21 heavy (non-hydrogen) atoms. The van der Waals surface area contributed by atoms with Crippen LogP contribution in [0, 0.1) is 12.7 Å². The van der Waals surface area contributed by atoms with Crippen LogP contribution in [0.4, 0.5) is 4.39 Å². The van der Waals surface area contributed by atoms with Crippen molar-refractivity contribution < 1.29 is 9.13 Å². The van der Waals surface area contributed by atoms with Gasteiger partial charge in [-0.3, -0.25) is 0 Å². The molecule has 2 aromatic rings. The predicted octanol–water partition coefficient (Wildman–Crippen LogP) is 4.55. The topological polar surface area (TPSA) is 21.3 Å². The van der Waals surface area contributed by atoms with E-state index in [2.05, 4.69) is 38.2 Å². The SMILES string of the molecule is COc1cc(C(C)NC(C)c2ccccc2C)ccc1F. The molecular formula is C18H22FNO. The molecule has 0 radical (unpaired) electrons. The lowest BCUT2D eigenvalue weighted by atomic mass is 10.0. The molecule has 2 unspecified atom stereocenters. The molecule has 1 N–H and O–H groups in total. The van der Waals surface area contributed by atoms with Crippen molar-refractivity contribution in [2.45, 2.75) is 32.9 Å². The van der Waals surface area contributed by atoms with Crippen LogP contribution in [0.25, 0.3) is 0 Å². The number of hydrogen-bond acceptors (Lipinski definition) is 2. The van der Waals surface area contributed by atoms with Crippen molar-refractivity contribution in [2.24, 2.45) is 0 Å². The van der Waals surface area contributed by atoms with Crippen LogP contribution in [0.1, 0.15) is 42.6 Å². The summed E-state index contributed by atoms with van der Waals surface area (Å²) in [5.41, 5.74) is 3.55. The fraction of sp³-hybridized carbons (Fsp3) is 0.333. The van der Waals surface area contributed by atoms with Crippen molar-refractivity contribution >= 4 is 0 Å². The summed E-state index contributed by atoms with van der Waals surface area (Å²) in [6.07, 6.45) is 0. The van der Waals surface area contributed by atoms with Crippen LogP contribution < -0.4 is 10.1 Å². The minimum Gasteiger partial charge on any atom is -0.494 e. The van der Waals surface area contributed by atoms with Gasteiger partial charge in [0.15, 0.2) is 11.6 Å². The van der Waals surface area contributed by atoms with E-state index in [1.54, 1.807) is 12.1 Å². The third kappa shape index (κ3) is 3.61. The Hall–Kier alpha value is -1.87. The zero-order valence-corrected chi connectivity index (χ0v) is 13.0. The Morgan fingerprint density at radius 2 is 1.76 bits per heavy atom. The van der Waals surface area contributed by atoms with Crippen molar-refractivity contribution in [1.29, 1.82) is 0 Å². The van der Waals surface area contributed by atoms with Gasteiger partial charge in [-0.05, 0) is 49.6 Å². The average molecular weight is 287 g/mol. The van der Waals surface area contributed by atoms with Crippen molar-refractivity contribution in [1.82, 2.24) is 5.32 Å². The number of halogens is 1. The lowest BCUT2D eigenvalue weighted by molar-refractivity contribution is 0.384. The van der Waals surface area contributed by atoms with Gasteiger partial charge in [0.05, 0.1) is 7.11 Å². The highest BCUT2D eigenvalue weighted by molar-refractivity contribution is 5.33. The monoisotopic (exact) mass is 287 g/mol. The number of methoxy groups -OCH3 is 1. The standard InChI is InChI=1S/C18H22FNO/c1-12-7-5-6-8-16(12)14(3)20-13(2)15-9-10-17(19)18(11-15)21-4/h5-11,13-14,20H,1-4H3. The molecule has 0 heterocycles. The molecule has 112 valence electrons. The molecule has 0 aliphatic heterocycles. The minimum atomic E-state index is -0.333. The lowest BCUT2D eigenvalue weighted by Crippen LogP contribution is -2.23. The van der Waals surface area contributed by atoms with Crippen LogP contribution in [-0.2, 0) is 0 Å². The van der Waals surface area contributed by atoms with Gasteiger partial charge in [-0.15, -0.1) is 0 Å². The Morgan fingerprint density at radius 1 is 1.05 bits per heavy atom. The third-order valence-corrected chi connectivity index (χ3v) is 3.83. The first kappa shape index (κ1) is 15.5. The summed E-state index contributed by atoms with van der Waals surface area (Å²) in [5, 5.41) is 3.55. The van der Waals surface area contributed by atoms with Gasteiger partial charge in [0.2, 0.25) is 0 Å². The van der Waals surface area contributed by atoms with E-state index >= 15 is 0 Å². The maximum atomic E-state index is 13.5. The van der Waals surface area contributed by atoms with E-state index in [0.29, 0.717) is 0 Å². The molecule has 0 saturated carbocycles. The molecule has 2 aromatic carbocycles. The van der Waals surface area contributed by atoms with Crippen LogP contribution in [0.2, 0.25) is 0 Å². The van der Waals surface area contributed by atoms with Gasteiger partial charge < -0.3 is 10.1 Å². The highest BCUT2D eigenvalue weighted by Crippen LogP contribution is 2.25. The number of rotatable bonds is 5. The van der Waals surface area contributed by atoms with Crippen LogP contribution in [-0.4, -0.2) is 7.11 Å². The van der Waals surface area contributed by atoms with Gasteiger partial charge in [0.25, 0.3) is 0 Å². The lowest BCUT2D eigenvalue weighted by Gasteiger charge is -2.22. The average Bonchev–Trinajstić information content (AvgIpc) is 2.48. The Labute approximate surface area is 126 Å². The Balaban J connectivity index is 2.14. The van der Waals surface area contributed by atoms with Crippen molar-refractivity contribution in [2.75, 3.05) is 7.11 Å². The molecule has 0 aromatic heterocycles. The second-order valence-electron chi connectivity index (χ2n) is 5.36. The summed E-state index contributed by atoms with van der Waals surface area (Å²) in [4.78, 5) is 0. The molecule has 0 amide bonds. The Kier molecular flexibility index (Phi) is 4.97. The summed E-state index contributed by atoms with van der Waals surface area (Å²) in [7, 11) is 1.48. The first-order valence-electron chi connectivity index (χ1n) is 7.18. The molecule has 2 nitrogen and oxygen atoms in total. The van der Waals surface area contributed by atoms with Gasteiger partial charge in [-0.25, -0.2) is 4.39 Å². The van der Waals surface area contributed by atoms with E-state index in [-0.39, 0.29) is 23.7 Å². The molecule has 0 aliphatic carbocycles. The second kappa shape index (κ2) is 6.72. The molecular weight excluding hydrogens is 265 g/mol. The molecule has 2 atom stereocenters. The summed E-state index contributed by atoms with van der Waals surface area (Å²) in [6.45, 7) is 6.32. The number of hydrogen-bond donors (Lipinski definition) is 1. The zero-order valence-electron chi connectivity index (χ0n) is 13.0. The van der Waals surface area contributed by atoms with Crippen LogP contribution >= 0.6 is 0 Å². The van der Waals surface area contributed by atoms with Crippen LogP contribution in [0.5, 0.6) is 5.75 Å². The number of benzene rings is 2. The minimum absolute atomic E-state index is 0.106. The van der Waals surface area contributed by atoms with E-state index in [1.165, 1.54) is 24.3 Å². The Bertz CT molecular complexity index is 612. The highest BCUT2D eigenvalue weighted by atomic mass is 19.1. The second-order valence-corrected chi connectivity index (χ2v) is 5.36. The quantitative estimate of drug-likeness (QED) is 0.870.